The molecule has 0 aliphatic carbocycles. The number of nitrogens with zero attached hydrogens (tertiary/aromatic N) is 5. The number of aryl methyl sites for hydroxylation is 1. The van der Waals surface area contributed by atoms with Crippen LogP contribution in [0.5, 0.6) is 0 Å². The van der Waals surface area contributed by atoms with Gasteiger partial charge in [0.15, 0.2) is 11.6 Å². The fraction of sp³-hybridized carbons (Fsp3) is 0.154. The summed E-state index contributed by atoms with van der Waals surface area (Å²) in [7, 11) is 0. The van der Waals surface area contributed by atoms with Gasteiger partial charge in [0.25, 0.3) is 0 Å². The number of amides is 1. The van der Waals surface area contributed by atoms with Crippen LogP contribution >= 0.6 is 11.8 Å². The third-order valence-electron chi connectivity index (χ3n) is 2.60. The summed E-state index contributed by atoms with van der Waals surface area (Å²) < 4.78 is 6.50. The van der Waals surface area contributed by atoms with Crippen molar-refractivity contribution < 1.29 is 9.32 Å². The molecule has 0 spiro atoms. The molecule has 3 aromatic rings. The van der Waals surface area contributed by atoms with Crippen molar-refractivity contribution in [2.24, 2.45) is 0 Å². The topological polar surface area (TPSA) is 98.7 Å². The molecule has 112 valence electrons. The molecule has 0 fully saturated rings. The normalized spacial score (nSPS) is 10.6. The van der Waals surface area contributed by atoms with Crippen LogP contribution < -0.4 is 5.32 Å². The van der Waals surface area contributed by atoms with Crippen LogP contribution in [0.25, 0.3) is 5.82 Å². The minimum Gasteiger partial charge on any atom is -0.360 e. The van der Waals surface area contributed by atoms with Crippen LogP contribution in [0.2, 0.25) is 0 Å². The van der Waals surface area contributed by atoms with E-state index in [1.165, 1.54) is 11.8 Å². The molecule has 0 atom stereocenters. The number of aromatic nitrogens is 5. The van der Waals surface area contributed by atoms with E-state index in [0.29, 0.717) is 22.4 Å². The van der Waals surface area contributed by atoms with Gasteiger partial charge in [-0.2, -0.15) is 5.10 Å². The summed E-state index contributed by atoms with van der Waals surface area (Å²) in [5.41, 5.74) is 0. The largest absolute Gasteiger partial charge is 0.360 e. The van der Waals surface area contributed by atoms with Crippen LogP contribution in [0.4, 0.5) is 5.82 Å². The maximum Gasteiger partial charge on any atom is 0.236 e. The second kappa shape index (κ2) is 6.39. The summed E-state index contributed by atoms with van der Waals surface area (Å²) in [6.45, 7) is 1.76. The molecular formula is C13H12N6O2S. The van der Waals surface area contributed by atoms with Gasteiger partial charge in [-0.3, -0.25) is 4.79 Å². The van der Waals surface area contributed by atoms with Crippen molar-refractivity contribution in [3.05, 3.63) is 42.7 Å². The maximum absolute atomic E-state index is 11.9. The Balaban J connectivity index is 1.65. The van der Waals surface area contributed by atoms with Gasteiger partial charge < -0.3 is 9.84 Å². The Morgan fingerprint density at radius 1 is 1.36 bits per heavy atom. The van der Waals surface area contributed by atoms with Gasteiger partial charge in [-0.05, 0) is 13.0 Å². The van der Waals surface area contributed by atoms with E-state index in [0.717, 1.165) is 0 Å². The number of carbonyl (C=O) groups excluding carboxylic acids is 1. The molecule has 3 heterocycles. The van der Waals surface area contributed by atoms with Gasteiger partial charge in [-0.15, -0.1) is 0 Å². The molecule has 0 saturated heterocycles. The number of hydrogen-bond donors (Lipinski definition) is 1. The fourth-order valence-corrected chi connectivity index (χ4v) is 2.46. The first-order valence-corrected chi connectivity index (χ1v) is 7.38. The lowest BCUT2D eigenvalue weighted by molar-refractivity contribution is -0.113. The van der Waals surface area contributed by atoms with E-state index in [1.54, 1.807) is 48.5 Å². The standard InChI is InChI=1S/C13H12N6O2S/c1-9-7-10(18-21-9)17-11(20)8-22-13-12(14-4-5-15-13)19-6-2-3-16-19/h2-7H,8H2,1H3,(H,17,18,20). The summed E-state index contributed by atoms with van der Waals surface area (Å²) in [6.07, 6.45) is 6.59. The average Bonchev–Trinajstić information content (AvgIpc) is 3.17. The zero-order valence-electron chi connectivity index (χ0n) is 11.6. The number of nitrogens with one attached hydrogen (secondary N) is 1. The molecule has 8 nitrogen and oxygen atoms in total. The second-order valence-corrected chi connectivity index (χ2v) is 5.26. The van der Waals surface area contributed by atoms with Gasteiger partial charge >= 0.3 is 0 Å². The number of carbonyl (C=O) groups is 1. The highest BCUT2D eigenvalue weighted by atomic mass is 32.2. The third kappa shape index (κ3) is 3.31. The zero-order valence-corrected chi connectivity index (χ0v) is 12.4. The maximum atomic E-state index is 11.9. The lowest BCUT2D eigenvalue weighted by Gasteiger charge is -2.06. The highest BCUT2D eigenvalue weighted by Gasteiger charge is 2.12. The third-order valence-corrected chi connectivity index (χ3v) is 3.57. The van der Waals surface area contributed by atoms with Crippen molar-refractivity contribution >= 4 is 23.5 Å². The zero-order chi connectivity index (χ0) is 15.4. The summed E-state index contributed by atoms with van der Waals surface area (Å²) in [4.78, 5) is 20.4. The summed E-state index contributed by atoms with van der Waals surface area (Å²) in [6, 6.07) is 3.45. The highest BCUT2D eigenvalue weighted by molar-refractivity contribution is 8.00. The first-order valence-electron chi connectivity index (χ1n) is 6.39. The van der Waals surface area contributed by atoms with Crippen LogP contribution in [0.3, 0.4) is 0 Å². The van der Waals surface area contributed by atoms with Gasteiger partial charge in [0.2, 0.25) is 5.91 Å². The van der Waals surface area contributed by atoms with E-state index < -0.39 is 0 Å². The summed E-state index contributed by atoms with van der Waals surface area (Å²) >= 11 is 1.27. The minimum atomic E-state index is -0.199. The molecule has 1 N–H and O–H groups in total. The predicted molar refractivity (Wildman–Crippen MR) is 79.7 cm³/mol. The SMILES string of the molecule is Cc1cc(NC(=O)CSc2nccnc2-n2cccn2)no1. The summed E-state index contributed by atoms with van der Waals surface area (Å²) in [5, 5.41) is 11.1. The Morgan fingerprint density at radius 2 is 2.23 bits per heavy atom. The molecule has 0 bridgehead atoms. The monoisotopic (exact) mass is 316 g/mol. The molecule has 0 radical (unpaired) electrons. The first kappa shape index (κ1) is 14.3. The molecule has 0 saturated carbocycles. The molecule has 0 unspecified atom stereocenters. The Kier molecular flexibility index (Phi) is 4.15. The van der Waals surface area contributed by atoms with Crippen molar-refractivity contribution in [2.75, 3.05) is 11.1 Å². The van der Waals surface area contributed by atoms with E-state index in [-0.39, 0.29) is 11.7 Å². The van der Waals surface area contributed by atoms with E-state index in [9.17, 15) is 4.79 Å². The lowest BCUT2D eigenvalue weighted by atomic mass is 10.5. The quantitative estimate of drug-likeness (QED) is 0.715. The van der Waals surface area contributed by atoms with E-state index in [2.05, 4.69) is 25.5 Å². The lowest BCUT2D eigenvalue weighted by Crippen LogP contribution is -2.14. The van der Waals surface area contributed by atoms with Crippen LogP contribution in [0.1, 0.15) is 5.76 Å². The van der Waals surface area contributed by atoms with E-state index in [4.69, 9.17) is 4.52 Å². The predicted octanol–water partition coefficient (Wildman–Crippen LogP) is 1.69. The number of anilines is 1. The molecular weight excluding hydrogens is 304 g/mol. The van der Waals surface area contributed by atoms with Crippen LogP contribution in [0, 0.1) is 6.92 Å². The van der Waals surface area contributed by atoms with Crippen molar-refractivity contribution in [3.63, 3.8) is 0 Å². The Labute approximate surface area is 129 Å². The molecule has 3 aromatic heterocycles. The Morgan fingerprint density at radius 3 is 2.95 bits per heavy atom. The Hall–Kier alpha value is -2.68. The molecule has 1 amide bonds. The molecule has 22 heavy (non-hydrogen) atoms. The van der Waals surface area contributed by atoms with E-state index >= 15 is 0 Å². The van der Waals surface area contributed by atoms with Crippen LogP contribution in [0.15, 0.2) is 46.5 Å². The first-order chi connectivity index (χ1) is 10.7. The van der Waals surface area contributed by atoms with Gasteiger partial charge in [0, 0.05) is 30.9 Å². The van der Waals surface area contributed by atoms with E-state index in [1.807, 2.05) is 0 Å². The van der Waals surface area contributed by atoms with Crippen molar-refractivity contribution in [1.29, 1.82) is 0 Å². The highest BCUT2D eigenvalue weighted by Crippen LogP contribution is 2.21. The van der Waals surface area contributed by atoms with Gasteiger partial charge in [-0.25, -0.2) is 14.6 Å². The smallest absolute Gasteiger partial charge is 0.236 e. The van der Waals surface area contributed by atoms with Crippen LogP contribution in [-0.4, -0.2) is 36.6 Å². The molecule has 9 heteroatoms. The molecule has 0 aliphatic rings. The second-order valence-electron chi connectivity index (χ2n) is 4.30. The number of rotatable bonds is 5. The van der Waals surface area contributed by atoms with Crippen molar-refractivity contribution in [2.45, 2.75) is 11.9 Å². The molecule has 3 rings (SSSR count). The van der Waals surface area contributed by atoms with Crippen molar-refractivity contribution in [3.8, 4) is 5.82 Å². The van der Waals surface area contributed by atoms with Gasteiger partial charge in [-0.1, -0.05) is 16.9 Å². The summed E-state index contributed by atoms with van der Waals surface area (Å²) in [5.74, 6) is 1.60. The van der Waals surface area contributed by atoms with Gasteiger partial charge in [0.1, 0.15) is 10.8 Å². The number of hydrogen-bond acceptors (Lipinski definition) is 7. The Bertz CT molecular complexity index is 770. The number of thioether (sulfide) groups is 1. The molecule has 0 aliphatic heterocycles. The molecule has 0 aromatic carbocycles. The minimum absolute atomic E-state index is 0.179. The average molecular weight is 316 g/mol. The van der Waals surface area contributed by atoms with Gasteiger partial charge in [0.05, 0.1) is 5.75 Å². The van der Waals surface area contributed by atoms with Crippen LogP contribution in [-0.2, 0) is 4.79 Å². The fourth-order valence-electron chi connectivity index (χ4n) is 1.71. The van der Waals surface area contributed by atoms with Crippen molar-refractivity contribution in [1.82, 2.24) is 24.9 Å².